The largest absolute Gasteiger partial charge is 0.631 e. The Morgan fingerprint density at radius 2 is 0.429 bits per heavy atom. The Morgan fingerprint density at radius 1 is 0.429 bits per heavy atom. The second kappa shape index (κ2) is 21.9. The lowest BCUT2D eigenvalue weighted by molar-refractivity contribution is 0.276. The van der Waals surface area contributed by atoms with Gasteiger partial charge in [-0.15, -0.1) is 0 Å². The molecule has 0 aliphatic rings. The molecule has 21 heteroatoms. The normalized spacial score (nSPS) is 7.90. The van der Waals surface area contributed by atoms with Crippen molar-refractivity contribution in [1.29, 1.82) is 0 Å². The predicted octanol–water partition coefficient (Wildman–Crippen LogP) is -8.86. The molecule has 14 N–H and O–H groups in total. The van der Waals surface area contributed by atoms with Crippen LogP contribution >= 0.6 is 0 Å². The van der Waals surface area contributed by atoms with Gasteiger partial charge >= 0.3 is 39.7 Å². The van der Waals surface area contributed by atoms with Crippen LogP contribution in [-0.4, -0.2) is 107 Å². The van der Waals surface area contributed by atoms with Crippen LogP contribution in [0, 0.1) is 0 Å². The van der Waals surface area contributed by atoms with E-state index in [1.807, 2.05) is 0 Å². The lowest BCUT2D eigenvalue weighted by Gasteiger charge is -1.69. The highest BCUT2D eigenvalue weighted by molar-refractivity contribution is 7.79. The zero-order valence-electron chi connectivity index (χ0n) is 9.80. The minimum absolute atomic E-state index is 2.17. The molecule has 0 unspecified atom stereocenters. The molecule has 0 radical (unpaired) electrons. The van der Waals surface area contributed by atoms with Gasteiger partial charge < -0.3 is 60.3 Å². The highest BCUT2D eigenvalue weighted by Gasteiger charge is 1.93. The third-order valence-electron chi connectivity index (χ3n) is 0. The van der Waals surface area contributed by atoms with Crippen molar-refractivity contribution in [3.63, 3.8) is 0 Å². The van der Waals surface area contributed by atoms with Gasteiger partial charge in [0.15, 0.2) is 0 Å². The quantitative estimate of drug-likeness (QED) is 0.143. The van der Waals surface area contributed by atoms with E-state index in [1.165, 1.54) is 0 Å². The maximum absolute atomic E-state index is 8.74. The number of hydrogen-bond acceptors (Lipinski definition) is 14. The summed E-state index contributed by atoms with van der Waals surface area (Å²) in [5.41, 5.74) is 0. The summed E-state index contributed by atoms with van der Waals surface area (Å²) in [7, 11) is -13.3. The molecule has 21 heavy (non-hydrogen) atoms. The Kier molecular flexibility index (Phi) is 34.0. The summed E-state index contributed by atoms with van der Waals surface area (Å²) >= 11 is 0. The lowest BCUT2D eigenvalue weighted by atomic mass is 10.3. The zero-order valence-corrected chi connectivity index (χ0v) is 10.6. The Morgan fingerprint density at radius 3 is 0.429 bits per heavy atom. The molecule has 0 amide bonds. The smallest absolute Gasteiger partial charge is 0.402 e. The maximum Gasteiger partial charge on any atom is 0.631 e. The second-order valence-corrected chi connectivity index (χ2v) is 2.73. The van der Waals surface area contributed by atoms with Crippen LogP contribution in [0.4, 0.5) is 0 Å². The summed E-state index contributed by atoms with van der Waals surface area (Å²) < 4.78 is 31.6. The van der Waals surface area contributed by atoms with Gasteiger partial charge in [0.25, 0.3) is 0 Å². The van der Waals surface area contributed by atoms with Crippen LogP contribution < -0.4 is 0 Å². The Hall–Kier alpha value is -0.350. The van der Waals surface area contributed by atoms with Crippen molar-refractivity contribution in [1.82, 2.24) is 0 Å². The van der Waals surface area contributed by atoms with E-state index in [-0.39, 0.29) is 0 Å². The summed E-state index contributed by atoms with van der Waals surface area (Å²) in [5, 5.41) is 86.0. The maximum atomic E-state index is 8.74. The fourth-order valence-electron chi connectivity index (χ4n) is 0. The van der Waals surface area contributed by atoms with Gasteiger partial charge in [0.2, 0.25) is 0 Å². The van der Waals surface area contributed by atoms with E-state index in [2.05, 4.69) is 0 Å². The van der Waals surface area contributed by atoms with Gasteiger partial charge in [0.1, 0.15) is 0 Å². The topological polar surface area (TPSA) is 317 Å². The van der Waals surface area contributed by atoms with Crippen molar-refractivity contribution >= 4 is 39.7 Å². The fraction of sp³-hybridized carbons (Fsp3) is 0. The van der Waals surface area contributed by atoms with Gasteiger partial charge in [-0.3, -0.25) is 9.11 Å². The van der Waals surface area contributed by atoms with Crippen molar-refractivity contribution in [3.8, 4) is 0 Å². The average molecular weight is 345 g/mol. The van der Waals surface area contributed by atoms with Gasteiger partial charge in [0, 0.05) is 0 Å². The summed E-state index contributed by atoms with van der Waals surface area (Å²) in [5.74, 6) is 0. The van der Waals surface area contributed by atoms with Gasteiger partial charge in [0.05, 0.1) is 0 Å². The van der Waals surface area contributed by atoms with E-state index in [9.17, 15) is 0 Å². The monoisotopic (exact) mass is 346 g/mol. The molecule has 128 valence electrons. The van der Waals surface area contributed by atoms with E-state index in [4.69, 9.17) is 77.8 Å². The highest BCUT2D eigenvalue weighted by atomic mass is 32.3. The first-order valence-corrected chi connectivity index (χ1v) is 5.19. The Bertz CT molecular complexity index is 200. The molecule has 0 aromatic rings. The zero-order chi connectivity index (χ0) is 18.8. The van der Waals surface area contributed by atoms with E-state index in [0.29, 0.717) is 0 Å². The van der Waals surface area contributed by atoms with Gasteiger partial charge in [-0.2, -0.15) is 8.42 Å². The third kappa shape index (κ3) is 49900. The molecule has 0 saturated carbocycles. The summed E-state index contributed by atoms with van der Waals surface area (Å²) in [6.07, 6.45) is 0. The van der Waals surface area contributed by atoms with Crippen molar-refractivity contribution in [3.05, 3.63) is 0 Å². The van der Waals surface area contributed by atoms with Crippen LogP contribution in [0.2, 0.25) is 0 Å². The molecule has 0 heterocycles. The molecule has 0 aliphatic carbocycles. The van der Waals surface area contributed by atoms with Crippen LogP contribution in [0.5, 0.6) is 0 Å². The Balaban J connectivity index is -0.0000000510. The minimum Gasteiger partial charge on any atom is -0.402 e. The average Bonchev–Trinajstić information content (AvgIpc) is 1.91. The highest BCUT2D eigenvalue weighted by Crippen LogP contribution is 1.59. The van der Waals surface area contributed by atoms with Crippen LogP contribution in [0.1, 0.15) is 0 Å². The molecule has 16 nitrogen and oxygen atoms in total. The van der Waals surface area contributed by atoms with Crippen LogP contribution in [0.3, 0.4) is 0 Å². The molecule has 0 saturated heterocycles. The number of rotatable bonds is 0. The van der Waals surface area contributed by atoms with Gasteiger partial charge in [-0.1, -0.05) is 0 Å². The molecule has 0 fully saturated rings. The van der Waals surface area contributed by atoms with Crippen molar-refractivity contribution in [2.24, 2.45) is 0 Å². The van der Waals surface area contributed by atoms with Crippen LogP contribution in [0.25, 0.3) is 0 Å². The summed E-state index contributed by atoms with van der Waals surface area (Å²) in [6.45, 7) is 0. The number of hydrogen-bond donors (Lipinski definition) is 14. The van der Waals surface area contributed by atoms with E-state index >= 15 is 0 Å². The third-order valence-corrected chi connectivity index (χ3v) is 0. The summed E-state index contributed by atoms with van der Waals surface area (Å²) in [6, 6.07) is 0. The van der Waals surface area contributed by atoms with E-state index in [1.54, 1.807) is 0 Å². The first-order chi connectivity index (χ1) is 8.93. The molecule has 0 aliphatic heterocycles. The van der Waals surface area contributed by atoms with Crippen molar-refractivity contribution < 1.29 is 77.8 Å². The molecule has 0 rings (SSSR count). The lowest BCUT2D eigenvalue weighted by Crippen LogP contribution is -2.07. The first kappa shape index (κ1) is 32.6. The molecule has 0 atom stereocenters. The molecular formula is H14B4O16S. The standard InChI is InChI=1S/4BH3O3.H2O4S/c4*2-1(3)4;1-5(2,3)4/h4*2-4H;(H2,1,2,3,4). The van der Waals surface area contributed by atoms with Gasteiger partial charge in [-0.05, 0) is 0 Å². The second-order valence-electron chi connectivity index (χ2n) is 1.83. The van der Waals surface area contributed by atoms with Crippen molar-refractivity contribution in [2.75, 3.05) is 0 Å². The van der Waals surface area contributed by atoms with Gasteiger partial charge in [-0.25, -0.2) is 0 Å². The van der Waals surface area contributed by atoms with Crippen molar-refractivity contribution in [2.45, 2.75) is 0 Å². The van der Waals surface area contributed by atoms with Crippen LogP contribution in [-0.2, 0) is 10.4 Å². The SMILES string of the molecule is O=S(=O)(O)O.OB(O)O.OB(O)O.OB(O)O.OB(O)O. The molecule has 0 spiro atoms. The van der Waals surface area contributed by atoms with E-state index in [0.717, 1.165) is 0 Å². The molecular weight excluding hydrogens is 331 g/mol. The molecule has 0 bridgehead atoms. The Labute approximate surface area is 118 Å². The minimum atomic E-state index is -4.67. The van der Waals surface area contributed by atoms with E-state index < -0.39 is 39.7 Å². The molecule has 0 aromatic heterocycles. The fourth-order valence-corrected chi connectivity index (χ4v) is 0. The molecule has 0 aromatic carbocycles. The summed E-state index contributed by atoms with van der Waals surface area (Å²) in [4.78, 5) is 0. The first-order valence-electron chi connectivity index (χ1n) is 3.80. The predicted molar refractivity (Wildman–Crippen MR) is 63.8 cm³/mol. The van der Waals surface area contributed by atoms with Crippen LogP contribution in [0.15, 0.2) is 0 Å².